The Morgan fingerprint density at radius 3 is 2.63 bits per heavy atom. The Hall–Kier alpha value is -4.15. The van der Waals surface area contributed by atoms with Gasteiger partial charge in [-0.1, -0.05) is 48.5 Å². The third kappa shape index (κ3) is 2.63. The van der Waals surface area contributed by atoms with Crippen LogP contribution in [0.2, 0.25) is 0 Å². The maximum Gasteiger partial charge on any atom is 0.123 e. The van der Waals surface area contributed by atoms with Crippen LogP contribution >= 0.6 is 11.3 Å². The standard InChI is InChI=1S/C31H19FN2S/c32-19-9-10-26-24(15-19)29-30(34-26)23-6-2-1-5-22(23)28-25-14-17(8-11-27(25)35-31(28)29)20-7-3-4-18-16-33-13-12-21(18)20/h1-15,33-34H,16H2. The summed E-state index contributed by atoms with van der Waals surface area (Å²) in [7, 11) is 0. The molecular weight excluding hydrogens is 451 g/mol. The highest BCUT2D eigenvalue weighted by Gasteiger charge is 2.19. The van der Waals surface area contributed by atoms with E-state index in [4.69, 9.17) is 0 Å². The minimum Gasteiger partial charge on any atom is -0.387 e. The van der Waals surface area contributed by atoms with Gasteiger partial charge in [-0.05, 0) is 70.2 Å². The van der Waals surface area contributed by atoms with Crippen LogP contribution in [0.5, 0.6) is 0 Å². The minimum atomic E-state index is -0.209. The fraction of sp³-hybridized carbons (Fsp3) is 0.0323. The highest BCUT2D eigenvalue weighted by Crippen LogP contribution is 2.47. The van der Waals surface area contributed by atoms with Gasteiger partial charge in [-0.15, -0.1) is 11.3 Å². The lowest BCUT2D eigenvalue weighted by Gasteiger charge is -2.16. The molecule has 3 heterocycles. The molecule has 0 saturated carbocycles. The molecule has 5 aromatic carbocycles. The van der Waals surface area contributed by atoms with E-state index in [0.29, 0.717) is 0 Å². The molecule has 2 aromatic heterocycles. The van der Waals surface area contributed by atoms with E-state index in [9.17, 15) is 4.39 Å². The van der Waals surface area contributed by atoms with E-state index in [1.165, 1.54) is 59.3 Å². The van der Waals surface area contributed by atoms with E-state index in [1.54, 1.807) is 17.4 Å². The van der Waals surface area contributed by atoms with Crippen LogP contribution in [0.4, 0.5) is 4.39 Å². The van der Waals surface area contributed by atoms with Crippen molar-refractivity contribution < 1.29 is 4.39 Å². The van der Waals surface area contributed by atoms with Crippen molar-refractivity contribution in [2.24, 2.45) is 0 Å². The number of rotatable bonds is 1. The van der Waals surface area contributed by atoms with Crippen LogP contribution in [-0.4, -0.2) is 4.98 Å². The van der Waals surface area contributed by atoms with Gasteiger partial charge in [0.1, 0.15) is 5.82 Å². The number of aromatic amines is 1. The molecule has 2 nitrogen and oxygen atoms in total. The predicted molar refractivity (Wildman–Crippen MR) is 147 cm³/mol. The number of halogens is 1. The Labute approximate surface area is 204 Å². The van der Waals surface area contributed by atoms with Gasteiger partial charge in [0.15, 0.2) is 0 Å². The van der Waals surface area contributed by atoms with Gasteiger partial charge < -0.3 is 10.3 Å². The van der Waals surface area contributed by atoms with Crippen molar-refractivity contribution in [1.82, 2.24) is 10.3 Å². The van der Waals surface area contributed by atoms with E-state index in [0.717, 1.165) is 28.4 Å². The lowest BCUT2D eigenvalue weighted by molar-refractivity contribution is 0.630. The summed E-state index contributed by atoms with van der Waals surface area (Å²) < 4.78 is 16.8. The molecular formula is C31H19FN2S. The number of H-pyrrole nitrogens is 1. The fourth-order valence-electron chi connectivity index (χ4n) is 5.76. The summed E-state index contributed by atoms with van der Waals surface area (Å²) >= 11 is 1.80. The highest BCUT2D eigenvalue weighted by atomic mass is 32.1. The molecule has 0 saturated heterocycles. The third-order valence-corrected chi connectivity index (χ3v) is 8.50. The minimum absolute atomic E-state index is 0.209. The fourth-order valence-corrected chi connectivity index (χ4v) is 7.02. The monoisotopic (exact) mass is 470 g/mol. The average Bonchev–Trinajstić information content (AvgIpc) is 3.46. The van der Waals surface area contributed by atoms with E-state index >= 15 is 0 Å². The molecule has 7 aromatic rings. The van der Waals surface area contributed by atoms with E-state index < -0.39 is 0 Å². The van der Waals surface area contributed by atoms with Gasteiger partial charge in [-0.25, -0.2) is 4.39 Å². The van der Waals surface area contributed by atoms with Gasteiger partial charge in [0.25, 0.3) is 0 Å². The predicted octanol–water partition coefficient (Wildman–Crippen LogP) is 8.72. The van der Waals surface area contributed by atoms with E-state index in [1.807, 2.05) is 12.3 Å². The summed E-state index contributed by atoms with van der Waals surface area (Å²) in [4.78, 5) is 3.58. The number of nitrogens with one attached hydrogen (secondary N) is 2. The van der Waals surface area contributed by atoms with Gasteiger partial charge >= 0.3 is 0 Å². The number of fused-ring (bicyclic) bond motifs is 11. The van der Waals surface area contributed by atoms with Gasteiger partial charge in [-0.2, -0.15) is 0 Å². The molecule has 0 unspecified atom stereocenters. The summed E-state index contributed by atoms with van der Waals surface area (Å²) in [6.07, 6.45) is 4.20. The van der Waals surface area contributed by atoms with Crippen molar-refractivity contribution in [3.05, 3.63) is 102 Å². The zero-order valence-electron chi connectivity index (χ0n) is 18.7. The first-order chi connectivity index (χ1) is 17.3. The van der Waals surface area contributed by atoms with Gasteiger partial charge in [-0.3, -0.25) is 0 Å². The molecule has 166 valence electrons. The van der Waals surface area contributed by atoms with Crippen LogP contribution in [-0.2, 0) is 6.54 Å². The molecule has 4 heteroatoms. The first kappa shape index (κ1) is 19.2. The van der Waals surface area contributed by atoms with Gasteiger partial charge in [0.2, 0.25) is 0 Å². The Bertz CT molecular complexity index is 2030. The number of aromatic nitrogens is 1. The number of hydrogen-bond acceptors (Lipinski definition) is 2. The Kier molecular flexibility index (Phi) is 3.80. The van der Waals surface area contributed by atoms with Crippen molar-refractivity contribution in [3.8, 4) is 11.1 Å². The summed E-state index contributed by atoms with van der Waals surface area (Å²) in [6, 6.07) is 27.0. The molecule has 0 atom stereocenters. The first-order valence-corrected chi connectivity index (χ1v) is 12.6. The third-order valence-electron chi connectivity index (χ3n) is 7.31. The molecule has 1 aliphatic heterocycles. The maximum absolute atomic E-state index is 14.3. The van der Waals surface area contributed by atoms with Crippen LogP contribution in [0.3, 0.4) is 0 Å². The lowest BCUT2D eigenvalue weighted by atomic mass is 9.92. The Morgan fingerprint density at radius 1 is 0.771 bits per heavy atom. The zero-order chi connectivity index (χ0) is 23.1. The smallest absolute Gasteiger partial charge is 0.123 e. The van der Waals surface area contributed by atoms with Crippen LogP contribution < -0.4 is 5.32 Å². The molecule has 0 amide bonds. The molecule has 2 N–H and O–H groups in total. The molecule has 0 spiro atoms. The number of benzene rings is 5. The van der Waals surface area contributed by atoms with Crippen LogP contribution in [0.1, 0.15) is 11.1 Å². The highest BCUT2D eigenvalue weighted by molar-refractivity contribution is 7.27. The van der Waals surface area contributed by atoms with Crippen LogP contribution in [0.15, 0.2) is 85.1 Å². The summed E-state index contributed by atoms with van der Waals surface area (Å²) in [5.74, 6) is -0.209. The molecule has 0 fully saturated rings. The second-order valence-corrected chi connectivity index (χ2v) is 10.3. The summed E-state index contributed by atoms with van der Waals surface area (Å²) in [6.45, 7) is 0.850. The van der Waals surface area contributed by atoms with E-state index in [-0.39, 0.29) is 5.82 Å². The SMILES string of the molecule is Fc1ccc2[nH]c3c4ccccc4c4c5cc(-c6cccc7c6C=CNC7)ccc5sc4c3c2c1. The molecule has 8 rings (SSSR count). The second-order valence-electron chi connectivity index (χ2n) is 9.22. The van der Waals surface area contributed by atoms with Crippen molar-refractivity contribution in [2.75, 3.05) is 0 Å². The quantitative estimate of drug-likeness (QED) is 0.247. The van der Waals surface area contributed by atoms with Gasteiger partial charge in [0, 0.05) is 48.4 Å². The normalized spacial score (nSPS) is 13.3. The Morgan fingerprint density at radius 2 is 1.69 bits per heavy atom. The average molecular weight is 471 g/mol. The summed E-state index contributed by atoms with van der Waals surface area (Å²) in [5, 5.41) is 10.3. The summed E-state index contributed by atoms with van der Waals surface area (Å²) in [5.41, 5.74) is 7.11. The zero-order valence-corrected chi connectivity index (χ0v) is 19.5. The van der Waals surface area contributed by atoms with Crippen molar-refractivity contribution >= 4 is 70.2 Å². The van der Waals surface area contributed by atoms with Gasteiger partial charge in [0.05, 0.1) is 5.52 Å². The van der Waals surface area contributed by atoms with E-state index in [2.05, 4.69) is 77.0 Å². The molecule has 0 aliphatic carbocycles. The number of thiophene rings is 1. The largest absolute Gasteiger partial charge is 0.387 e. The first-order valence-electron chi connectivity index (χ1n) is 11.8. The van der Waals surface area contributed by atoms with Crippen molar-refractivity contribution in [2.45, 2.75) is 6.54 Å². The molecule has 0 bridgehead atoms. The number of hydrogen-bond donors (Lipinski definition) is 2. The van der Waals surface area contributed by atoms with Crippen LogP contribution in [0, 0.1) is 5.82 Å². The van der Waals surface area contributed by atoms with Crippen LogP contribution in [0.25, 0.3) is 70.0 Å². The molecule has 0 radical (unpaired) electrons. The Balaban J connectivity index is 1.54. The molecule has 35 heavy (non-hydrogen) atoms. The van der Waals surface area contributed by atoms with Crippen molar-refractivity contribution in [1.29, 1.82) is 0 Å². The van der Waals surface area contributed by atoms with Crippen molar-refractivity contribution in [3.63, 3.8) is 0 Å². The second kappa shape index (κ2) is 6.94. The maximum atomic E-state index is 14.3. The molecule has 1 aliphatic rings. The lowest BCUT2D eigenvalue weighted by Crippen LogP contribution is -2.10. The topological polar surface area (TPSA) is 27.8 Å².